The Morgan fingerprint density at radius 2 is 1.90 bits per heavy atom. The van der Waals surface area contributed by atoms with Crippen molar-refractivity contribution in [2.75, 3.05) is 32.3 Å². The summed E-state index contributed by atoms with van der Waals surface area (Å²) in [6.07, 6.45) is 9.81. The number of likely N-dealkylation sites (tertiary alicyclic amines) is 1. The number of hydrogen-bond acceptors (Lipinski definition) is 6. The first kappa shape index (κ1) is 31.3. The second-order valence-corrected chi connectivity index (χ2v) is 14.8. The number of anilines is 1. The maximum Gasteiger partial charge on any atom is 0.227 e. The highest BCUT2D eigenvalue weighted by Gasteiger charge is 2.50. The molecular weight excluding hydrogens is 540 g/mol. The second-order valence-electron chi connectivity index (χ2n) is 13.7. The number of fused-ring (bicyclic) bond motifs is 1. The minimum absolute atomic E-state index is 0.0664. The lowest BCUT2D eigenvalue weighted by molar-refractivity contribution is -0.149. The summed E-state index contributed by atoms with van der Waals surface area (Å²) in [6.45, 7) is 12.9. The van der Waals surface area contributed by atoms with E-state index in [-0.39, 0.29) is 29.3 Å². The van der Waals surface area contributed by atoms with E-state index < -0.39 is 0 Å². The van der Waals surface area contributed by atoms with Gasteiger partial charge in [-0.3, -0.25) is 4.79 Å². The molecule has 1 aromatic carbocycles. The van der Waals surface area contributed by atoms with Gasteiger partial charge in [0.25, 0.3) is 0 Å². The van der Waals surface area contributed by atoms with Crippen LogP contribution in [0.2, 0.25) is 0 Å². The number of piperidine rings is 1. The highest BCUT2D eigenvalue weighted by molar-refractivity contribution is 7.99. The van der Waals surface area contributed by atoms with E-state index in [0.29, 0.717) is 29.8 Å². The molecule has 2 aliphatic heterocycles. The largest absolute Gasteiger partial charge is 0.381 e. The Morgan fingerprint density at radius 3 is 2.57 bits per heavy atom. The molecule has 0 bridgehead atoms. The van der Waals surface area contributed by atoms with Crippen LogP contribution >= 0.6 is 11.8 Å². The quantitative estimate of drug-likeness (QED) is 0.395. The minimum Gasteiger partial charge on any atom is -0.381 e. The lowest BCUT2D eigenvalue weighted by Gasteiger charge is -2.53. The van der Waals surface area contributed by atoms with E-state index >= 15 is 4.79 Å². The third-order valence-electron chi connectivity index (χ3n) is 10.9. The molecule has 1 aliphatic carbocycles. The normalized spacial score (nSPS) is 32.7. The summed E-state index contributed by atoms with van der Waals surface area (Å²) in [5, 5.41) is 4.00. The van der Waals surface area contributed by atoms with Crippen LogP contribution in [0.3, 0.4) is 0 Å². The Labute approximate surface area is 258 Å². The van der Waals surface area contributed by atoms with Gasteiger partial charge in [0, 0.05) is 49.6 Å². The van der Waals surface area contributed by atoms with Crippen molar-refractivity contribution in [3.63, 3.8) is 0 Å². The van der Waals surface area contributed by atoms with E-state index in [0.717, 1.165) is 44.5 Å². The summed E-state index contributed by atoms with van der Waals surface area (Å²) in [5.41, 5.74) is 4.76. The topological polar surface area (TPSA) is 57.7 Å². The molecule has 42 heavy (non-hydrogen) atoms. The van der Waals surface area contributed by atoms with Crippen molar-refractivity contribution < 1.29 is 9.53 Å². The molecule has 230 valence electrons. The number of aromatic nitrogens is 1. The number of pyridine rings is 1. The van der Waals surface area contributed by atoms with Gasteiger partial charge in [-0.15, -0.1) is 0 Å². The van der Waals surface area contributed by atoms with Gasteiger partial charge in [-0.2, -0.15) is 11.8 Å². The molecule has 6 nitrogen and oxygen atoms in total. The van der Waals surface area contributed by atoms with Crippen molar-refractivity contribution in [3.05, 3.63) is 58.8 Å². The summed E-state index contributed by atoms with van der Waals surface area (Å²) < 4.78 is 5.57. The van der Waals surface area contributed by atoms with Crippen LogP contribution in [0.25, 0.3) is 0 Å². The first-order valence-corrected chi connectivity index (χ1v) is 17.2. The van der Waals surface area contributed by atoms with Crippen molar-refractivity contribution in [1.82, 2.24) is 14.8 Å². The zero-order chi connectivity index (χ0) is 30.2. The molecule has 2 fully saturated rings. The fourth-order valence-electron chi connectivity index (χ4n) is 7.94. The van der Waals surface area contributed by atoms with E-state index in [2.05, 4.69) is 99.6 Å². The van der Waals surface area contributed by atoms with Crippen molar-refractivity contribution in [2.24, 2.45) is 11.8 Å². The van der Waals surface area contributed by atoms with Gasteiger partial charge in [0.1, 0.15) is 5.82 Å². The predicted molar refractivity (Wildman–Crippen MR) is 175 cm³/mol. The van der Waals surface area contributed by atoms with Gasteiger partial charge in [0.15, 0.2) is 0 Å². The summed E-state index contributed by atoms with van der Waals surface area (Å²) in [4.78, 5) is 24.6. The molecule has 2 aromatic rings. The first-order valence-electron chi connectivity index (χ1n) is 15.9. The van der Waals surface area contributed by atoms with Gasteiger partial charge in [0.05, 0.1) is 17.6 Å². The van der Waals surface area contributed by atoms with Crippen LogP contribution in [0.1, 0.15) is 81.5 Å². The molecule has 1 saturated heterocycles. The SMILES string of the molecule is COC1CCC(Nc2cc3c(cn2)C[C@@](C)(C(C)SC)N(C(=O)C2C(C)CN(C)C(C)C2c2cccc(C)c2)C3)CC1. The zero-order valence-corrected chi connectivity index (χ0v) is 27.8. The van der Waals surface area contributed by atoms with Crippen molar-refractivity contribution in [2.45, 2.75) is 108 Å². The molecule has 3 heterocycles. The number of rotatable bonds is 7. The summed E-state index contributed by atoms with van der Waals surface area (Å²) in [6, 6.07) is 11.8. The van der Waals surface area contributed by atoms with E-state index in [1.165, 1.54) is 22.3 Å². The van der Waals surface area contributed by atoms with Gasteiger partial charge in [-0.05, 0) is 94.9 Å². The molecule has 1 aromatic heterocycles. The maximum atomic E-state index is 15.0. The molecule has 1 amide bonds. The zero-order valence-electron chi connectivity index (χ0n) is 27.0. The molecule has 0 radical (unpaired) electrons. The number of nitrogens with one attached hydrogen (secondary N) is 1. The van der Waals surface area contributed by atoms with Crippen molar-refractivity contribution in [3.8, 4) is 0 Å². The number of methoxy groups -OCH3 is 1. The van der Waals surface area contributed by atoms with E-state index in [1.54, 1.807) is 0 Å². The molecule has 3 aliphatic rings. The Balaban J connectivity index is 1.47. The molecule has 7 heteroatoms. The molecule has 6 atom stereocenters. The molecule has 0 spiro atoms. The standard InChI is InChI=1S/C35H52N4O2S/c1-22-10-9-11-26(16-22)33-24(3)38(6)20-23(2)32(33)34(40)39-21-27-17-31(37-29-12-14-30(41-7)15-13-29)36-19-28(27)18-35(39,5)25(4)42-8/h9-11,16-17,19,23-25,29-30,32-33H,12-15,18,20-21H2,1-8H3,(H,36,37)/t23?,24?,25?,29?,30?,32?,33?,35-/m0/s1. The lowest BCUT2D eigenvalue weighted by Crippen LogP contribution is -2.62. The number of benzene rings is 1. The summed E-state index contributed by atoms with van der Waals surface area (Å²) in [5.74, 6) is 1.59. The van der Waals surface area contributed by atoms with Crippen LogP contribution in [-0.2, 0) is 22.5 Å². The molecular formula is C35H52N4O2S. The van der Waals surface area contributed by atoms with Crippen molar-refractivity contribution >= 4 is 23.5 Å². The average Bonchev–Trinajstić information content (AvgIpc) is 2.98. The van der Waals surface area contributed by atoms with Crippen LogP contribution in [-0.4, -0.2) is 76.6 Å². The number of thioether (sulfide) groups is 1. The van der Waals surface area contributed by atoms with Gasteiger partial charge in [-0.25, -0.2) is 4.98 Å². The molecule has 1 N–H and O–H groups in total. The van der Waals surface area contributed by atoms with Crippen LogP contribution in [0.5, 0.6) is 0 Å². The van der Waals surface area contributed by atoms with E-state index in [4.69, 9.17) is 9.72 Å². The predicted octanol–water partition coefficient (Wildman–Crippen LogP) is 6.52. The van der Waals surface area contributed by atoms with E-state index in [9.17, 15) is 0 Å². The summed E-state index contributed by atoms with van der Waals surface area (Å²) >= 11 is 1.86. The Bertz CT molecular complexity index is 1250. The number of carbonyl (C=O) groups is 1. The van der Waals surface area contributed by atoms with Crippen LogP contribution < -0.4 is 5.32 Å². The Kier molecular flexibility index (Phi) is 9.60. The van der Waals surface area contributed by atoms with Gasteiger partial charge in [-0.1, -0.05) is 43.7 Å². The number of likely N-dealkylation sites (N-methyl/N-ethyl adjacent to an activating group) is 1. The second kappa shape index (κ2) is 12.9. The van der Waals surface area contributed by atoms with Crippen LogP contribution in [0, 0.1) is 18.8 Å². The highest BCUT2D eigenvalue weighted by Crippen LogP contribution is 2.45. The molecule has 1 saturated carbocycles. The number of hydrogen-bond donors (Lipinski definition) is 1. The minimum atomic E-state index is -0.290. The average molecular weight is 593 g/mol. The van der Waals surface area contributed by atoms with Crippen LogP contribution in [0.4, 0.5) is 5.82 Å². The smallest absolute Gasteiger partial charge is 0.227 e. The molecule has 5 rings (SSSR count). The van der Waals surface area contributed by atoms with Crippen LogP contribution in [0.15, 0.2) is 36.5 Å². The lowest BCUT2D eigenvalue weighted by atomic mass is 9.69. The number of nitrogens with zero attached hydrogens (tertiary/aromatic N) is 3. The third kappa shape index (κ3) is 6.11. The van der Waals surface area contributed by atoms with Gasteiger partial charge in [0.2, 0.25) is 5.91 Å². The first-order chi connectivity index (χ1) is 20.0. The monoisotopic (exact) mass is 592 g/mol. The number of ether oxygens (including phenoxy) is 1. The van der Waals surface area contributed by atoms with E-state index in [1.807, 2.05) is 18.9 Å². The number of amides is 1. The fourth-order valence-corrected chi connectivity index (χ4v) is 8.66. The maximum absolute atomic E-state index is 15.0. The Morgan fingerprint density at radius 1 is 1.17 bits per heavy atom. The number of carbonyl (C=O) groups excluding carboxylic acids is 1. The third-order valence-corrected chi connectivity index (χ3v) is 12.1. The van der Waals surface area contributed by atoms with Gasteiger partial charge >= 0.3 is 0 Å². The highest BCUT2D eigenvalue weighted by atomic mass is 32.2. The van der Waals surface area contributed by atoms with Crippen molar-refractivity contribution in [1.29, 1.82) is 0 Å². The summed E-state index contributed by atoms with van der Waals surface area (Å²) in [7, 11) is 4.03. The Hall–Kier alpha value is -2.09. The van der Waals surface area contributed by atoms with Gasteiger partial charge < -0.3 is 19.9 Å². The molecule has 5 unspecified atom stereocenters. The fraction of sp³-hybridized carbons (Fsp3) is 0.657. The number of aryl methyl sites for hydroxylation is 1.